The number of alkyl halides is 2. The van der Waals surface area contributed by atoms with Gasteiger partial charge in [0.1, 0.15) is 0 Å². The second kappa shape index (κ2) is 3.25. The summed E-state index contributed by atoms with van der Waals surface area (Å²) in [6.07, 6.45) is -0.310. The lowest BCUT2D eigenvalue weighted by Crippen LogP contribution is -2.32. The number of nitrogens with zero attached hydrogens (tertiary/aromatic N) is 3. The SMILES string of the molecule is Cc1nc(C(=O)N2CCC(F)(F)C2)no1. The molecule has 2 heterocycles. The summed E-state index contributed by atoms with van der Waals surface area (Å²) in [6.45, 7) is 0.987. The Hall–Kier alpha value is -1.53. The molecule has 1 fully saturated rings. The highest BCUT2D eigenvalue weighted by Crippen LogP contribution is 2.27. The molecule has 0 spiro atoms. The standard InChI is InChI=1S/C8H9F2N3O2/c1-5-11-6(12-15-5)7(14)13-3-2-8(9,10)4-13/h2-4H2,1H3. The van der Waals surface area contributed by atoms with Crippen molar-refractivity contribution >= 4 is 5.91 Å². The molecule has 15 heavy (non-hydrogen) atoms. The Bertz CT molecular complexity index is 391. The number of carbonyl (C=O) groups excluding carboxylic acids is 1. The number of amides is 1. The zero-order chi connectivity index (χ0) is 11.1. The van der Waals surface area contributed by atoms with E-state index in [4.69, 9.17) is 0 Å². The van der Waals surface area contributed by atoms with Crippen LogP contribution in [0.2, 0.25) is 0 Å². The van der Waals surface area contributed by atoms with Crippen LogP contribution < -0.4 is 0 Å². The molecule has 2 rings (SSSR count). The predicted octanol–water partition coefficient (Wildman–Crippen LogP) is 0.859. The van der Waals surface area contributed by atoms with Crippen molar-refractivity contribution in [1.82, 2.24) is 15.0 Å². The smallest absolute Gasteiger partial charge is 0.295 e. The Kier molecular flexibility index (Phi) is 2.17. The second-order valence-corrected chi connectivity index (χ2v) is 3.47. The zero-order valence-corrected chi connectivity index (χ0v) is 8.04. The van der Waals surface area contributed by atoms with Crippen LogP contribution in [-0.2, 0) is 0 Å². The molecule has 0 bridgehead atoms. The van der Waals surface area contributed by atoms with E-state index < -0.39 is 18.4 Å². The molecule has 0 atom stereocenters. The molecule has 1 aliphatic rings. The molecule has 0 unspecified atom stereocenters. The van der Waals surface area contributed by atoms with Gasteiger partial charge >= 0.3 is 0 Å². The molecule has 0 aliphatic carbocycles. The van der Waals surface area contributed by atoms with E-state index in [1.54, 1.807) is 0 Å². The van der Waals surface area contributed by atoms with Gasteiger partial charge < -0.3 is 9.42 Å². The van der Waals surface area contributed by atoms with Gasteiger partial charge in [0.15, 0.2) is 0 Å². The Morgan fingerprint density at radius 1 is 1.60 bits per heavy atom. The number of hydrogen-bond acceptors (Lipinski definition) is 4. The maximum absolute atomic E-state index is 12.8. The molecule has 1 aliphatic heterocycles. The third kappa shape index (κ3) is 1.95. The Labute approximate surface area is 84.1 Å². The van der Waals surface area contributed by atoms with Crippen LogP contribution in [0.5, 0.6) is 0 Å². The van der Waals surface area contributed by atoms with Gasteiger partial charge in [-0.15, -0.1) is 0 Å². The van der Waals surface area contributed by atoms with Crippen molar-refractivity contribution in [3.8, 4) is 0 Å². The first-order valence-electron chi connectivity index (χ1n) is 4.45. The van der Waals surface area contributed by atoms with Gasteiger partial charge in [-0.05, 0) is 0 Å². The molecular weight excluding hydrogens is 208 g/mol. The summed E-state index contributed by atoms with van der Waals surface area (Å²) in [5.74, 6) is -3.33. The fourth-order valence-electron chi connectivity index (χ4n) is 1.44. The highest BCUT2D eigenvalue weighted by atomic mass is 19.3. The molecule has 5 nitrogen and oxygen atoms in total. The molecule has 1 amide bonds. The number of aromatic nitrogens is 2. The molecule has 82 valence electrons. The summed E-state index contributed by atoms with van der Waals surface area (Å²) < 4.78 is 30.2. The maximum atomic E-state index is 12.8. The van der Waals surface area contributed by atoms with Gasteiger partial charge in [0.25, 0.3) is 17.7 Å². The summed E-state index contributed by atoms with van der Waals surface area (Å²) in [5.41, 5.74) is 0. The van der Waals surface area contributed by atoms with Gasteiger partial charge in [0.05, 0.1) is 6.54 Å². The van der Waals surface area contributed by atoms with Crippen molar-refractivity contribution in [1.29, 1.82) is 0 Å². The van der Waals surface area contributed by atoms with Crippen molar-refractivity contribution in [2.45, 2.75) is 19.3 Å². The summed E-state index contributed by atoms with van der Waals surface area (Å²) in [5, 5.41) is 3.39. The third-order valence-electron chi connectivity index (χ3n) is 2.18. The first-order chi connectivity index (χ1) is 6.98. The van der Waals surface area contributed by atoms with Gasteiger partial charge in [-0.3, -0.25) is 4.79 Å². The van der Waals surface area contributed by atoms with Crippen molar-refractivity contribution < 1.29 is 18.1 Å². The fourth-order valence-corrected chi connectivity index (χ4v) is 1.44. The number of carbonyl (C=O) groups is 1. The molecule has 0 N–H and O–H groups in total. The van der Waals surface area contributed by atoms with Crippen LogP contribution in [0.3, 0.4) is 0 Å². The van der Waals surface area contributed by atoms with E-state index in [0.29, 0.717) is 0 Å². The van der Waals surface area contributed by atoms with Crippen molar-refractivity contribution in [3.05, 3.63) is 11.7 Å². The van der Waals surface area contributed by atoms with E-state index in [1.807, 2.05) is 0 Å². The average molecular weight is 217 g/mol. The van der Waals surface area contributed by atoms with Crippen LogP contribution in [-0.4, -0.2) is 40.0 Å². The van der Waals surface area contributed by atoms with Gasteiger partial charge in [0, 0.05) is 19.9 Å². The monoisotopic (exact) mass is 217 g/mol. The number of rotatable bonds is 1. The number of halogens is 2. The van der Waals surface area contributed by atoms with E-state index in [-0.39, 0.29) is 24.7 Å². The Morgan fingerprint density at radius 3 is 2.80 bits per heavy atom. The highest BCUT2D eigenvalue weighted by molar-refractivity contribution is 5.90. The van der Waals surface area contributed by atoms with Gasteiger partial charge in [-0.25, -0.2) is 8.78 Å². The third-order valence-corrected chi connectivity index (χ3v) is 2.18. The lowest BCUT2D eigenvalue weighted by molar-refractivity contribution is 0.0118. The van der Waals surface area contributed by atoms with E-state index in [2.05, 4.69) is 14.7 Å². The van der Waals surface area contributed by atoms with Gasteiger partial charge in [0.2, 0.25) is 5.89 Å². The molecule has 7 heteroatoms. The molecule has 1 aromatic heterocycles. The predicted molar refractivity (Wildman–Crippen MR) is 44.5 cm³/mol. The van der Waals surface area contributed by atoms with E-state index in [9.17, 15) is 13.6 Å². The maximum Gasteiger partial charge on any atom is 0.295 e. The van der Waals surface area contributed by atoms with Crippen LogP contribution in [0.1, 0.15) is 22.9 Å². The lowest BCUT2D eigenvalue weighted by atomic mass is 10.3. The minimum atomic E-state index is -2.80. The Morgan fingerprint density at radius 2 is 2.33 bits per heavy atom. The van der Waals surface area contributed by atoms with Crippen LogP contribution in [0.25, 0.3) is 0 Å². The number of hydrogen-bond donors (Lipinski definition) is 0. The van der Waals surface area contributed by atoms with Crippen LogP contribution in [0.15, 0.2) is 4.52 Å². The summed E-state index contributed by atoms with van der Waals surface area (Å²) in [4.78, 5) is 16.3. The quantitative estimate of drug-likeness (QED) is 0.700. The first-order valence-corrected chi connectivity index (χ1v) is 4.45. The van der Waals surface area contributed by atoms with Gasteiger partial charge in [-0.1, -0.05) is 5.16 Å². The van der Waals surface area contributed by atoms with E-state index in [0.717, 1.165) is 4.90 Å². The summed E-state index contributed by atoms with van der Waals surface area (Å²) in [7, 11) is 0. The van der Waals surface area contributed by atoms with Crippen molar-refractivity contribution in [3.63, 3.8) is 0 Å². The molecule has 1 aromatic rings. The Balaban J connectivity index is 2.10. The fraction of sp³-hybridized carbons (Fsp3) is 0.625. The first kappa shape index (κ1) is 10.0. The zero-order valence-electron chi connectivity index (χ0n) is 8.04. The van der Waals surface area contributed by atoms with E-state index in [1.165, 1.54) is 6.92 Å². The summed E-state index contributed by atoms with van der Waals surface area (Å²) >= 11 is 0. The summed E-state index contributed by atoms with van der Waals surface area (Å²) in [6, 6.07) is 0. The molecular formula is C8H9F2N3O2. The molecule has 1 saturated heterocycles. The minimum absolute atomic E-state index is 0.0272. The lowest BCUT2D eigenvalue weighted by Gasteiger charge is -2.13. The molecule has 0 saturated carbocycles. The topological polar surface area (TPSA) is 59.2 Å². The van der Waals surface area contributed by atoms with Crippen LogP contribution >= 0.6 is 0 Å². The number of aryl methyl sites for hydroxylation is 1. The number of likely N-dealkylation sites (tertiary alicyclic amines) is 1. The minimum Gasteiger partial charge on any atom is -0.339 e. The normalized spacial score (nSPS) is 19.5. The average Bonchev–Trinajstić information content (AvgIpc) is 2.71. The molecule has 0 radical (unpaired) electrons. The molecule has 0 aromatic carbocycles. The van der Waals surface area contributed by atoms with Crippen molar-refractivity contribution in [2.24, 2.45) is 0 Å². The van der Waals surface area contributed by atoms with Crippen LogP contribution in [0, 0.1) is 6.92 Å². The van der Waals surface area contributed by atoms with Crippen LogP contribution in [0.4, 0.5) is 8.78 Å². The van der Waals surface area contributed by atoms with Gasteiger partial charge in [-0.2, -0.15) is 4.98 Å². The van der Waals surface area contributed by atoms with E-state index >= 15 is 0 Å². The highest BCUT2D eigenvalue weighted by Gasteiger charge is 2.41. The van der Waals surface area contributed by atoms with Crippen molar-refractivity contribution in [2.75, 3.05) is 13.1 Å². The second-order valence-electron chi connectivity index (χ2n) is 3.47. The largest absolute Gasteiger partial charge is 0.339 e.